The van der Waals surface area contributed by atoms with Gasteiger partial charge in [0.2, 0.25) is 0 Å². The summed E-state index contributed by atoms with van der Waals surface area (Å²) in [6.45, 7) is 2.10. The second kappa shape index (κ2) is 6.07. The monoisotopic (exact) mass is 293 g/mol. The van der Waals surface area contributed by atoms with Crippen LogP contribution in [0.4, 0.5) is 0 Å². The van der Waals surface area contributed by atoms with Gasteiger partial charge >= 0.3 is 5.97 Å². The maximum Gasteiger partial charge on any atom is 0.329 e. The van der Waals surface area contributed by atoms with Crippen LogP contribution in [0.3, 0.4) is 0 Å². The molecule has 7 nitrogen and oxygen atoms in total. The van der Waals surface area contributed by atoms with Crippen molar-refractivity contribution in [2.75, 3.05) is 0 Å². The Balaban J connectivity index is 2.23. The van der Waals surface area contributed by atoms with Gasteiger partial charge in [-0.25, -0.2) is 9.48 Å². The van der Waals surface area contributed by atoms with Gasteiger partial charge in [0.15, 0.2) is 0 Å². The van der Waals surface area contributed by atoms with Crippen molar-refractivity contribution in [1.29, 1.82) is 0 Å². The molecule has 1 amide bonds. The van der Waals surface area contributed by atoms with Crippen molar-refractivity contribution in [3.8, 4) is 0 Å². The summed E-state index contributed by atoms with van der Waals surface area (Å²) < 4.78 is 1.17. The molecule has 2 N–H and O–H groups in total. The number of aromatic nitrogens is 2. The van der Waals surface area contributed by atoms with Crippen molar-refractivity contribution < 1.29 is 14.7 Å². The third kappa shape index (κ3) is 3.12. The summed E-state index contributed by atoms with van der Waals surface area (Å²) in [5.74, 6) is -1.57. The van der Waals surface area contributed by atoms with Gasteiger partial charge in [0.25, 0.3) is 11.5 Å². The quantitative estimate of drug-likeness (QED) is 0.854. The highest BCUT2D eigenvalue weighted by molar-refractivity contribution is 5.96. The molecule has 0 unspecified atom stereocenters. The van der Waals surface area contributed by atoms with Gasteiger partial charge < -0.3 is 10.4 Å². The summed E-state index contributed by atoms with van der Waals surface area (Å²) in [7, 11) is 0. The van der Waals surface area contributed by atoms with Gasteiger partial charge in [0, 0.05) is 12.6 Å². The minimum absolute atomic E-state index is 0.0580. The number of carboxylic acid groups (broad SMARTS) is 1. The Morgan fingerprint density at radius 3 is 2.57 bits per heavy atom. The topological polar surface area (TPSA) is 101 Å². The Hall–Kier alpha value is -2.18. The third-order valence-electron chi connectivity index (χ3n) is 3.87. The SMILES string of the molecule is CCn1nc(C(=O)NC2(C(=O)O)CCCCC2)ccc1=O. The summed E-state index contributed by atoms with van der Waals surface area (Å²) in [4.78, 5) is 35.2. The molecule has 1 fully saturated rings. The van der Waals surface area contributed by atoms with E-state index in [1.54, 1.807) is 6.92 Å². The van der Waals surface area contributed by atoms with Crippen LogP contribution in [0.25, 0.3) is 0 Å². The van der Waals surface area contributed by atoms with Gasteiger partial charge in [-0.15, -0.1) is 0 Å². The number of carbonyl (C=O) groups is 2. The first-order valence-corrected chi connectivity index (χ1v) is 7.12. The lowest BCUT2D eigenvalue weighted by Crippen LogP contribution is -2.55. The van der Waals surface area contributed by atoms with E-state index in [4.69, 9.17) is 0 Å². The number of nitrogens with zero attached hydrogens (tertiary/aromatic N) is 2. The number of carboxylic acids is 1. The molecular formula is C14H19N3O4. The number of nitrogens with one attached hydrogen (secondary N) is 1. The molecule has 114 valence electrons. The zero-order chi connectivity index (χ0) is 15.5. The van der Waals surface area contributed by atoms with Crippen LogP contribution in [0.2, 0.25) is 0 Å². The molecule has 0 aliphatic heterocycles. The van der Waals surface area contributed by atoms with E-state index in [2.05, 4.69) is 10.4 Å². The van der Waals surface area contributed by atoms with Crippen LogP contribution < -0.4 is 10.9 Å². The minimum atomic E-state index is -1.22. The van der Waals surface area contributed by atoms with E-state index in [0.29, 0.717) is 19.4 Å². The molecular weight excluding hydrogens is 274 g/mol. The molecule has 0 radical (unpaired) electrons. The van der Waals surface area contributed by atoms with Crippen LogP contribution in [0, 0.1) is 0 Å². The highest BCUT2D eigenvalue weighted by Crippen LogP contribution is 2.28. The molecule has 0 atom stereocenters. The molecule has 0 saturated heterocycles. The largest absolute Gasteiger partial charge is 0.480 e. The van der Waals surface area contributed by atoms with Crippen molar-refractivity contribution in [2.24, 2.45) is 0 Å². The second-order valence-corrected chi connectivity index (χ2v) is 5.27. The minimum Gasteiger partial charge on any atom is -0.480 e. The fourth-order valence-corrected chi connectivity index (χ4v) is 2.63. The summed E-state index contributed by atoms with van der Waals surface area (Å²) in [5.41, 5.74) is -1.45. The Morgan fingerprint density at radius 1 is 1.33 bits per heavy atom. The average molecular weight is 293 g/mol. The van der Waals surface area contributed by atoms with Gasteiger partial charge in [-0.3, -0.25) is 9.59 Å². The molecule has 0 spiro atoms. The normalized spacial score (nSPS) is 17.2. The van der Waals surface area contributed by atoms with E-state index in [1.165, 1.54) is 16.8 Å². The molecule has 1 saturated carbocycles. The van der Waals surface area contributed by atoms with Crippen LogP contribution in [-0.2, 0) is 11.3 Å². The van der Waals surface area contributed by atoms with Crippen LogP contribution in [0.1, 0.15) is 49.5 Å². The first kappa shape index (κ1) is 15.2. The molecule has 1 heterocycles. The second-order valence-electron chi connectivity index (χ2n) is 5.27. The van der Waals surface area contributed by atoms with Crippen LogP contribution >= 0.6 is 0 Å². The van der Waals surface area contributed by atoms with Gasteiger partial charge in [-0.1, -0.05) is 19.3 Å². The summed E-state index contributed by atoms with van der Waals surface area (Å²) in [6, 6.07) is 2.59. The fourth-order valence-electron chi connectivity index (χ4n) is 2.63. The number of aryl methyl sites for hydroxylation is 1. The predicted molar refractivity (Wildman–Crippen MR) is 75.1 cm³/mol. The number of hydrogen-bond acceptors (Lipinski definition) is 4. The Kier molecular flexibility index (Phi) is 4.40. The molecule has 1 aliphatic carbocycles. The van der Waals surface area contributed by atoms with E-state index in [9.17, 15) is 19.5 Å². The third-order valence-corrected chi connectivity index (χ3v) is 3.87. The maximum atomic E-state index is 12.2. The lowest BCUT2D eigenvalue weighted by molar-refractivity contribution is -0.145. The summed E-state index contributed by atoms with van der Waals surface area (Å²) >= 11 is 0. The van der Waals surface area contributed by atoms with Crippen molar-refractivity contribution in [2.45, 2.75) is 51.1 Å². The number of carbonyl (C=O) groups excluding carboxylic acids is 1. The van der Waals surface area contributed by atoms with E-state index in [0.717, 1.165) is 19.3 Å². The van der Waals surface area contributed by atoms with E-state index >= 15 is 0 Å². The van der Waals surface area contributed by atoms with Gasteiger partial charge in [0.1, 0.15) is 11.2 Å². The molecule has 0 bridgehead atoms. The van der Waals surface area contributed by atoms with E-state index < -0.39 is 17.4 Å². The highest BCUT2D eigenvalue weighted by Gasteiger charge is 2.41. The van der Waals surface area contributed by atoms with Gasteiger partial charge in [-0.05, 0) is 25.8 Å². The Morgan fingerprint density at radius 2 is 2.00 bits per heavy atom. The number of rotatable bonds is 4. The molecule has 21 heavy (non-hydrogen) atoms. The van der Waals surface area contributed by atoms with Crippen molar-refractivity contribution in [1.82, 2.24) is 15.1 Å². The lowest BCUT2D eigenvalue weighted by atomic mass is 9.81. The zero-order valence-corrected chi connectivity index (χ0v) is 12.0. The average Bonchev–Trinajstić information content (AvgIpc) is 2.48. The van der Waals surface area contributed by atoms with Gasteiger partial charge in [0.05, 0.1) is 0 Å². The Bertz CT molecular complexity index is 602. The van der Waals surface area contributed by atoms with E-state index in [-0.39, 0.29) is 11.3 Å². The molecule has 0 aromatic carbocycles. The summed E-state index contributed by atoms with van der Waals surface area (Å²) in [6.07, 6.45) is 3.36. The summed E-state index contributed by atoms with van der Waals surface area (Å²) in [5, 5.41) is 16.0. The number of hydrogen-bond donors (Lipinski definition) is 2. The van der Waals surface area contributed by atoms with Gasteiger partial charge in [-0.2, -0.15) is 5.10 Å². The number of aliphatic carboxylic acids is 1. The van der Waals surface area contributed by atoms with Crippen molar-refractivity contribution in [3.05, 3.63) is 28.2 Å². The van der Waals surface area contributed by atoms with Crippen molar-refractivity contribution >= 4 is 11.9 Å². The fraction of sp³-hybridized carbons (Fsp3) is 0.571. The molecule has 1 aliphatic rings. The lowest BCUT2D eigenvalue weighted by Gasteiger charge is -2.33. The molecule has 2 rings (SSSR count). The molecule has 1 aromatic rings. The maximum absolute atomic E-state index is 12.2. The molecule has 7 heteroatoms. The van der Waals surface area contributed by atoms with Crippen LogP contribution in [0.15, 0.2) is 16.9 Å². The number of amides is 1. The smallest absolute Gasteiger partial charge is 0.329 e. The van der Waals surface area contributed by atoms with Crippen LogP contribution in [0.5, 0.6) is 0 Å². The predicted octanol–water partition coefficient (Wildman–Crippen LogP) is 0.780. The Labute approximate surface area is 122 Å². The highest BCUT2D eigenvalue weighted by atomic mass is 16.4. The zero-order valence-electron chi connectivity index (χ0n) is 12.0. The van der Waals surface area contributed by atoms with Crippen LogP contribution in [-0.4, -0.2) is 32.3 Å². The molecule has 1 aromatic heterocycles. The first-order valence-electron chi connectivity index (χ1n) is 7.12. The van der Waals surface area contributed by atoms with E-state index in [1.807, 2.05) is 0 Å². The first-order chi connectivity index (χ1) is 9.98. The van der Waals surface area contributed by atoms with Crippen molar-refractivity contribution in [3.63, 3.8) is 0 Å². The standard InChI is InChI=1S/C14H19N3O4/c1-2-17-11(18)7-6-10(16-17)12(19)15-14(13(20)21)8-4-3-5-9-14/h6-7H,2-5,8-9H2,1H3,(H,15,19)(H,20,21).